The number of rotatable bonds is 8. The highest BCUT2D eigenvalue weighted by Gasteiger charge is 2.30. The van der Waals surface area contributed by atoms with Crippen LogP contribution in [0.5, 0.6) is 11.5 Å². The van der Waals surface area contributed by atoms with Crippen LogP contribution in [0.25, 0.3) is 10.9 Å². The molecule has 180 valence electrons. The summed E-state index contributed by atoms with van der Waals surface area (Å²) in [6.07, 6.45) is -3.46. The smallest absolute Gasteiger partial charge is 0.389 e. The number of pyridine rings is 1. The third-order valence-electron chi connectivity index (χ3n) is 5.01. The third kappa shape index (κ3) is 6.17. The summed E-state index contributed by atoms with van der Waals surface area (Å²) in [6, 6.07) is 10.2. The fourth-order valence-electron chi connectivity index (χ4n) is 3.38. The zero-order valence-electron chi connectivity index (χ0n) is 17.9. The molecule has 0 aliphatic carbocycles. The number of carbonyl (C=O) groups excluding carboxylic acids is 1. The van der Waals surface area contributed by atoms with Crippen LogP contribution < -0.4 is 4.74 Å². The molecule has 1 unspecified atom stereocenters. The molecule has 2 aromatic heterocycles. The summed E-state index contributed by atoms with van der Waals surface area (Å²) in [5.74, 6) is 0.501. The number of alkyl halides is 3. The van der Waals surface area contributed by atoms with Crippen molar-refractivity contribution in [3.8, 4) is 11.5 Å². The molecule has 1 aliphatic rings. The minimum atomic E-state index is -4.33. The number of aromatic nitrogens is 2. The van der Waals surface area contributed by atoms with Crippen molar-refractivity contribution in [2.45, 2.75) is 35.7 Å². The van der Waals surface area contributed by atoms with Crippen LogP contribution in [0.4, 0.5) is 13.2 Å². The van der Waals surface area contributed by atoms with E-state index in [1.54, 1.807) is 12.1 Å². The number of nitrogens with one attached hydrogen (secondary N) is 1. The number of nitrogens with zero attached hydrogens (tertiary/aromatic N) is 2. The van der Waals surface area contributed by atoms with Crippen LogP contribution in [0.2, 0.25) is 0 Å². The van der Waals surface area contributed by atoms with Crippen LogP contribution in [0.1, 0.15) is 25.0 Å². The maximum Gasteiger partial charge on any atom is 0.389 e. The van der Waals surface area contributed by atoms with Gasteiger partial charge in [0.05, 0.1) is 24.9 Å². The number of aliphatic imine (C=N–C) groups is 1. The Morgan fingerprint density at radius 3 is 2.65 bits per heavy atom. The molecule has 12 heteroatoms. The lowest BCUT2D eigenvalue weighted by molar-refractivity contribution is -0.143. The van der Waals surface area contributed by atoms with Gasteiger partial charge in [0.25, 0.3) is 0 Å². The van der Waals surface area contributed by atoms with Gasteiger partial charge in [-0.15, -0.1) is 0 Å². The number of sulfone groups is 1. The topological polar surface area (TPSA) is 101 Å². The number of H-pyrrole nitrogens is 1. The van der Waals surface area contributed by atoms with Crippen LogP contribution in [-0.2, 0) is 14.6 Å². The van der Waals surface area contributed by atoms with Gasteiger partial charge in [-0.3, -0.25) is 9.79 Å². The summed E-state index contributed by atoms with van der Waals surface area (Å²) >= 11 is 1.38. The van der Waals surface area contributed by atoms with Gasteiger partial charge in [-0.05, 0) is 36.4 Å². The summed E-state index contributed by atoms with van der Waals surface area (Å²) in [5, 5.41) is 1.33. The van der Waals surface area contributed by atoms with Gasteiger partial charge in [-0.2, -0.15) is 13.2 Å². The molecule has 0 fully saturated rings. The first-order chi connectivity index (χ1) is 16.0. The molecule has 4 rings (SSSR count). The lowest BCUT2D eigenvalue weighted by Gasteiger charge is -2.08. The fraction of sp³-hybridized carbons (Fsp3) is 0.318. The Hall–Kier alpha value is -2.86. The molecule has 3 aromatic rings. The van der Waals surface area contributed by atoms with Crippen LogP contribution in [0.15, 0.2) is 52.6 Å². The van der Waals surface area contributed by atoms with E-state index in [2.05, 4.69) is 15.0 Å². The highest BCUT2D eigenvalue weighted by Crippen LogP contribution is 2.32. The Labute approximate surface area is 197 Å². The van der Waals surface area contributed by atoms with E-state index in [9.17, 15) is 26.4 Å². The molecular weight excluding hydrogens is 491 g/mol. The largest absolute Gasteiger partial charge is 0.456 e. The second kappa shape index (κ2) is 9.41. The molecule has 0 saturated heterocycles. The van der Waals surface area contributed by atoms with Gasteiger partial charge in [0, 0.05) is 35.3 Å². The van der Waals surface area contributed by atoms with Crippen LogP contribution >= 0.6 is 11.8 Å². The SMILES string of the molecule is CS(=O)(=O)c1ccc(Oc2ccc3[nH]c(C4=NCC(CC(=O)CCC(F)(F)F)S4)cc3c2)cn1. The Bertz CT molecular complexity index is 1350. The minimum Gasteiger partial charge on any atom is -0.456 e. The van der Waals surface area contributed by atoms with E-state index in [4.69, 9.17) is 4.74 Å². The molecule has 34 heavy (non-hydrogen) atoms. The average Bonchev–Trinajstić information content (AvgIpc) is 3.38. The van der Waals surface area contributed by atoms with Crippen LogP contribution in [0.3, 0.4) is 0 Å². The number of aromatic amines is 1. The van der Waals surface area contributed by atoms with Gasteiger partial charge >= 0.3 is 6.18 Å². The molecule has 7 nitrogen and oxygen atoms in total. The van der Waals surface area contributed by atoms with Gasteiger partial charge in [-0.25, -0.2) is 13.4 Å². The quantitative estimate of drug-likeness (QED) is 0.461. The number of carbonyl (C=O) groups is 1. The van der Waals surface area contributed by atoms with Crippen molar-refractivity contribution >= 4 is 43.3 Å². The molecule has 1 atom stereocenters. The number of hydrogen-bond acceptors (Lipinski definition) is 7. The van der Waals surface area contributed by atoms with Gasteiger partial charge in [0.15, 0.2) is 14.9 Å². The number of hydrogen-bond donors (Lipinski definition) is 1. The van der Waals surface area contributed by atoms with Gasteiger partial charge in [0.2, 0.25) is 0 Å². The minimum absolute atomic E-state index is 0.0410. The van der Waals surface area contributed by atoms with E-state index in [-0.39, 0.29) is 16.7 Å². The van der Waals surface area contributed by atoms with Crippen molar-refractivity contribution in [1.29, 1.82) is 0 Å². The average molecular weight is 512 g/mol. The van der Waals surface area contributed by atoms with Crippen molar-refractivity contribution in [3.05, 3.63) is 48.3 Å². The fourth-order valence-corrected chi connectivity index (χ4v) is 5.06. The summed E-state index contributed by atoms with van der Waals surface area (Å²) in [6.45, 7) is 0.373. The van der Waals surface area contributed by atoms with Crippen molar-refractivity contribution in [2.24, 2.45) is 4.99 Å². The zero-order valence-corrected chi connectivity index (χ0v) is 19.6. The lowest BCUT2D eigenvalue weighted by atomic mass is 10.1. The summed E-state index contributed by atoms with van der Waals surface area (Å²) in [5.41, 5.74) is 1.59. The molecule has 1 N–H and O–H groups in total. The standard InChI is InChI=1S/C22H20F3N3O4S2/c1-34(30,31)20-5-3-16(11-26-20)32-15-2-4-18-13(8-15)9-19(28-18)21-27-12-17(33-21)10-14(29)6-7-22(23,24)25/h2-5,8-9,11,17,28H,6-7,10,12H2,1H3. The predicted octanol–water partition coefficient (Wildman–Crippen LogP) is 4.92. The number of benzene rings is 1. The molecular formula is C22H20F3N3O4S2. The number of thioether (sulfide) groups is 1. The molecule has 1 aliphatic heterocycles. The summed E-state index contributed by atoms with van der Waals surface area (Å²) in [4.78, 5) is 23.5. The highest BCUT2D eigenvalue weighted by molar-refractivity contribution is 8.15. The van der Waals surface area contributed by atoms with Gasteiger partial charge < -0.3 is 9.72 Å². The highest BCUT2D eigenvalue weighted by atomic mass is 32.2. The molecule has 0 radical (unpaired) electrons. The van der Waals surface area contributed by atoms with Gasteiger partial charge in [0.1, 0.15) is 22.3 Å². The van der Waals surface area contributed by atoms with Crippen molar-refractivity contribution in [1.82, 2.24) is 9.97 Å². The first kappa shape index (κ1) is 24.3. The number of halogens is 3. The van der Waals surface area contributed by atoms with Crippen molar-refractivity contribution < 1.29 is 31.1 Å². The van der Waals surface area contributed by atoms with Gasteiger partial charge in [-0.1, -0.05) is 11.8 Å². The van der Waals surface area contributed by atoms with E-state index in [1.807, 2.05) is 12.1 Å². The van der Waals surface area contributed by atoms with E-state index < -0.39 is 34.6 Å². The van der Waals surface area contributed by atoms with E-state index in [0.29, 0.717) is 23.1 Å². The molecule has 0 amide bonds. The second-order valence-electron chi connectivity index (χ2n) is 7.88. The molecule has 0 spiro atoms. The molecule has 1 aromatic carbocycles. The number of ketones is 1. The number of fused-ring (bicyclic) bond motifs is 1. The maximum absolute atomic E-state index is 12.3. The van der Waals surface area contributed by atoms with E-state index >= 15 is 0 Å². The molecule has 0 saturated carbocycles. The zero-order chi connectivity index (χ0) is 24.5. The van der Waals surface area contributed by atoms with E-state index in [0.717, 1.165) is 22.9 Å². The van der Waals surface area contributed by atoms with E-state index in [1.165, 1.54) is 30.1 Å². The lowest BCUT2D eigenvalue weighted by Crippen LogP contribution is -2.15. The molecule has 3 heterocycles. The van der Waals surface area contributed by atoms with Crippen molar-refractivity contribution in [2.75, 3.05) is 12.8 Å². The number of Topliss-reactive ketones (excluding diaryl/α,β-unsaturated/α-hetero) is 1. The monoisotopic (exact) mass is 511 g/mol. The Morgan fingerprint density at radius 2 is 1.97 bits per heavy atom. The normalized spacial score (nSPS) is 16.6. The summed E-state index contributed by atoms with van der Waals surface area (Å²) in [7, 11) is -3.39. The number of ether oxygens (including phenoxy) is 1. The van der Waals surface area contributed by atoms with Crippen LogP contribution in [0, 0.1) is 0 Å². The maximum atomic E-state index is 12.3. The Kier molecular flexibility index (Phi) is 6.72. The Morgan fingerprint density at radius 1 is 1.21 bits per heavy atom. The Balaban J connectivity index is 1.39. The first-order valence-corrected chi connectivity index (χ1v) is 13.0. The van der Waals surface area contributed by atoms with Crippen molar-refractivity contribution in [3.63, 3.8) is 0 Å². The first-order valence-electron chi connectivity index (χ1n) is 10.2. The summed E-state index contributed by atoms with van der Waals surface area (Å²) < 4.78 is 65.7. The predicted molar refractivity (Wildman–Crippen MR) is 123 cm³/mol. The molecule has 0 bridgehead atoms. The van der Waals surface area contributed by atoms with Crippen LogP contribution in [-0.4, -0.2) is 53.4 Å². The second-order valence-corrected chi connectivity index (χ2v) is 11.1. The third-order valence-corrected chi connectivity index (χ3v) is 7.23.